The molecule has 5 nitrogen and oxygen atoms in total. The third kappa shape index (κ3) is 2.88. The highest BCUT2D eigenvalue weighted by Crippen LogP contribution is 2.24. The first-order valence-electron chi connectivity index (χ1n) is 6.19. The van der Waals surface area contributed by atoms with Gasteiger partial charge in [-0.05, 0) is 31.5 Å². The van der Waals surface area contributed by atoms with Gasteiger partial charge in [0.25, 0.3) is 0 Å². The summed E-state index contributed by atoms with van der Waals surface area (Å²) in [6.45, 7) is 5.40. The van der Waals surface area contributed by atoms with Gasteiger partial charge < -0.3 is 15.5 Å². The molecule has 0 aliphatic heterocycles. The van der Waals surface area contributed by atoms with Crippen LogP contribution in [0.15, 0.2) is 18.2 Å². The lowest BCUT2D eigenvalue weighted by atomic mass is 10.1. The molecular formula is C14H19N3O2. The van der Waals surface area contributed by atoms with Crippen molar-refractivity contribution in [1.82, 2.24) is 15.1 Å². The molecule has 0 atom stereocenters. The summed E-state index contributed by atoms with van der Waals surface area (Å²) >= 11 is 0. The molecule has 0 saturated carbocycles. The van der Waals surface area contributed by atoms with Gasteiger partial charge in [-0.15, -0.1) is 0 Å². The number of hydrogen-bond donors (Lipinski definition) is 3. The van der Waals surface area contributed by atoms with Crippen molar-refractivity contribution in [3.63, 3.8) is 0 Å². The number of nitrogens with one attached hydrogen (secondary N) is 1. The SMILES string of the molecule is Cc1nn(C)c(C)c1CNCc1ccc(O)c(O)c1. The second-order valence-corrected chi connectivity index (χ2v) is 4.70. The van der Waals surface area contributed by atoms with Crippen molar-refractivity contribution in [3.05, 3.63) is 40.7 Å². The molecule has 1 heterocycles. The Morgan fingerprint density at radius 2 is 1.89 bits per heavy atom. The number of benzene rings is 1. The summed E-state index contributed by atoms with van der Waals surface area (Å²) in [5, 5.41) is 26.3. The maximum absolute atomic E-state index is 9.42. The van der Waals surface area contributed by atoms with Gasteiger partial charge in [0.1, 0.15) is 0 Å². The summed E-state index contributed by atoms with van der Waals surface area (Å²) in [6, 6.07) is 4.84. The molecular weight excluding hydrogens is 242 g/mol. The van der Waals surface area contributed by atoms with E-state index < -0.39 is 0 Å². The van der Waals surface area contributed by atoms with Crippen LogP contribution in [-0.2, 0) is 20.1 Å². The molecule has 1 aromatic carbocycles. The van der Waals surface area contributed by atoms with E-state index >= 15 is 0 Å². The van der Waals surface area contributed by atoms with Gasteiger partial charge >= 0.3 is 0 Å². The summed E-state index contributed by atoms with van der Waals surface area (Å²) in [5.41, 5.74) is 4.31. The molecule has 0 saturated heterocycles. The highest BCUT2D eigenvalue weighted by molar-refractivity contribution is 5.40. The molecule has 0 radical (unpaired) electrons. The molecule has 0 aliphatic rings. The second-order valence-electron chi connectivity index (χ2n) is 4.70. The van der Waals surface area contributed by atoms with Crippen LogP contribution in [0.2, 0.25) is 0 Å². The van der Waals surface area contributed by atoms with Gasteiger partial charge in [0.05, 0.1) is 5.69 Å². The van der Waals surface area contributed by atoms with E-state index in [-0.39, 0.29) is 11.5 Å². The lowest BCUT2D eigenvalue weighted by molar-refractivity contribution is 0.403. The molecule has 0 bridgehead atoms. The van der Waals surface area contributed by atoms with Crippen molar-refractivity contribution >= 4 is 0 Å². The Hall–Kier alpha value is -2.01. The lowest BCUT2D eigenvalue weighted by Gasteiger charge is -2.07. The van der Waals surface area contributed by atoms with Gasteiger partial charge in [0.15, 0.2) is 11.5 Å². The second kappa shape index (κ2) is 5.32. The van der Waals surface area contributed by atoms with E-state index in [1.165, 1.54) is 11.6 Å². The lowest BCUT2D eigenvalue weighted by Crippen LogP contribution is -2.13. The number of phenolic OH excluding ortho intramolecular Hbond substituents is 2. The molecule has 102 valence electrons. The van der Waals surface area contributed by atoms with Crippen molar-refractivity contribution < 1.29 is 10.2 Å². The van der Waals surface area contributed by atoms with E-state index in [0.717, 1.165) is 23.5 Å². The minimum atomic E-state index is -0.0947. The van der Waals surface area contributed by atoms with Gasteiger partial charge in [-0.1, -0.05) is 6.07 Å². The number of phenols is 2. The summed E-state index contributed by atoms with van der Waals surface area (Å²) in [6.07, 6.45) is 0. The zero-order valence-corrected chi connectivity index (χ0v) is 11.4. The number of aromatic nitrogens is 2. The maximum Gasteiger partial charge on any atom is 0.157 e. The highest BCUT2D eigenvalue weighted by atomic mass is 16.3. The Balaban J connectivity index is 1.98. The van der Waals surface area contributed by atoms with E-state index in [1.807, 2.05) is 25.6 Å². The average molecular weight is 261 g/mol. The van der Waals surface area contributed by atoms with Gasteiger partial charge in [-0.25, -0.2) is 0 Å². The highest BCUT2D eigenvalue weighted by Gasteiger charge is 2.08. The minimum absolute atomic E-state index is 0.0898. The third-order valence-corrected chi connectivity index (χ3v) is 3.33. The molecule has 0 spiro atoms. The number of aromatic hydroxyl groups is 2. The third-order valence-electron chi connectivity index (χ3n) is 3.33. The number of hydrogen-bond acceptors (Lipinski definition) is 4. The van der Waals surface area contributed by atoms with Crippen LogP contribution in [-0.4, -0.2) is 20.0 Å². The topological polar surface area (TPSA) is 70.3 Å². The predicted molar refractivity (Wildman–Crippen MR) is 73.0 cm³/mol. The van der Waals surface area contributed by atoms with Crippen LogP contribution >= 0.6 is 0 Å². The molecule has 1 aromatic heterocycles. The smallest absolute Gasteiger partial charge is 0.157 e. The molecule has 2 rings (SSSR count). The quantitative estimate of drug-likeness (QED) is 0.733. The van der Waals surface area contributed by atoms with Crippen molar-refractivity contribution in [3.8, 4) is 11.5 Å². The van der Waals surface area contributed by atoms with Crippen molar-refractivity contribution in [1.29, 1.82) is 0 Å². The van der Waals surface area contributed by atoms with Gasteiger partial charge in [0, 0.05) is 31.4 Å². The van der Waals surface area contributed by atoms with Gasteiger partial charge in [0.2, 0.25) is 0 Å². The van der Waals surface area contributed by atoms with Crippen LogP contribution in [0.3, 0.4) is 0 Å². The van der Waals surface area contributed by atoms with Crippen LogP contribution in [0.4, 0.5) is 0 Å². The summed E-state index contributed by atoms with van der Waals surface area (Å²) in [4.78, 5) is 0. The van der Waals surface area contributed by atoms with Crippen molar-refractivity contribution in [2.45, 2.75) is 26.9 Å². The minimum Gasteiger partial charge on any atom is -0.504 e. The van der Waals surface area contributed by atoms with Crippen LogP contribution in [0.1, 0.15) is 22.5 Å². The zero-order chi connectivity index (χ0) is 14.0. The number of nitrogens with zero attached hydrogens (tertiary/aromatic N) is 2. The van der Waals surface area contributed by atoms with Crippen molar-refractivity contribution in [2.24, 2.45) is 7.05 Å². The molecule has 0 amide bonds. The Bertz CT molecular complexity index is 591. The fraction of sp³-hybridized carbons (Fsp3) is 0.357. The van der Waals surface area contributed by atoms with Crippen LogP contribution in [0.5, 0.6) is 11.5 Å². The Morgan fingerprint density at radius 3 is 2.47 bits per heavy atom. The molecule has 5 heteroatoms. The molecule has 19 heavy (non-hydrogen) atoms. The summed E-state index contributed by atoms with van der Waals surface area (Å²) in [5.74, 6) is -0.185. The predicted octanol–water partition coefficient (Wildman–Crippen LogP) is 1.74. The standard InChI is InChI=1S/C14H19N3O2/c1-9-12(10(2)17(3)16-9)8-15-7-11-4-5-13(18)14(19)6-11/h4-6,15,18-19H,7-8H2,1-3H3. The van der Waals surface area contributed by atoms with E-state index in [9.17, 15) is 10.2 Å². The monoisotopic (exact) mass is 261 g/mol. The maximum atomic E-state index is 9.42. The first-order valence-corrected chi connectivity index (χ1v) is 6.19. The van der Waals surface area contributed by atoms with Gasteiger partial charge in [-0.2, -0.15) is 5.10 Å². The fourth-order valence-electron chi connectivity index (χ4n) is 2.08. The zero-order valence-electron chi connectivity index (χ0n) is 11.4. The van der Waals surface area contributed by atoms with E-state index in [2.05, 4.69) is 10.4 Å². The Labute approximate surface area is 112 Å². The molecule has 3 N–H and O–H groups in total. The number of aryl methyl sites for hydroxylation is 2. The first kappa shape index (κ1) is 13.4. The van der Waals surface area contributed by atoms with Crippen molar-refractivity contribution in [2.75, 3.05) is 0 Å². The molecule has 0 unspecified atom stereocenters. The van der Waals surface area contributed by atoms with E-state index in [1.54, 1.807) is 12.1 Å². The Kier molecular flexibility index (Phi) is 3.76. The summed E-state index contributed by atoms with van der Waals surface area (Å²) < 4.78 is 1.87. The average Bonchev–Trinajstić information content (AvgIpc) is 2.60. The van der Waals surface area contributed by atoms with Crippen LogP contribution in [0, 0.1) is 13.8 Å². The Morgan fingerprint density at radius 1 is 1.16 bits per heavy atom. The van der Waals surface area contributed by atoms with E-state index in [0.29, 0.717) is 6.54 Å². The molecule has 0 aliphatic carbocycles. The van der Waals surface area contributed by atoms with Gasteiger partial charge in [-0.3, -0.25) is 4.68 Å². The van der Waals surface area contributed by atoms with Crippen LogP contribution < -0.4 is 5.32 Å². The summed E-state index contributed by atoms with van der Waals surface area (Å²) in [7, 11) is 1.93. The molecule has 0 fully saturated rings. The van der Waals surface area contributed by atoms with Crippen LogP contribution in [0.25, 0.3) is 0 Å². The van der Waals surface area contributed by atoms with E-state index in [4.69, 9.17) is 0 Å². The normalized spacial score (nSPS) is 10.9. The number of rotatable bonds is 4. The fourth-order valence-corrected chi connectivity index (χ4v) is 2.08. The largest absolute Gasteiger partial charge is 0.504 e. The molecule has 2 aromatic rings. The first-order chi connectivity index (χ1) is 8.99.